The molecule has 1 amide bonds. The molecule has 0 bridgehead atoms. The SMILES string of the molecule is COc1cc(-c2nc3sccn3c2-c2ccnc(NC3CCN(C(=O)OC(C)(C)C)CC3)n2)ccc1F. The Labute approximate surface area is 218 Å². The number of halogens is 1. The Hall–Kier alpha value is -3.73. The number of anilines is 1. The zero-order chi connectivity index (χ0) is 26.2. The molecule has 0 radical (unpaired) electrons. The second-order valence-corrected chi connectivity index (χ2v) is 10.7. The molecule has 1 aliphatic heterocycles. The summed E-state index contributed by atoms with van der Waals surface area (Å²) in [5.74, 6) is 0.226. The molecular weight excluding hydrogens is 495 g/mol. The molecule has 0 aliphatic carbocycles. The highest BCUT2D eigenvalue weighted by molar-refractivity contribution is 7.15. The number of hydrogen-bond donors (Lipinski definition) is 1. The minimum absolute atomic E-state index is 0.126. The first-order chi connectivity index (χ1) is 17.7. The maximum Gasteiger partial charge on any atom is 0.410 e. The predicted octanol–water partition coefficient (Wildman–Crippen LogP) is 5.48. The van der Waals surface area contributed by atoms with Gasteiger partial charge in [-0.3, -0.25) is 4.40 Å². The van der Waals surface area contributed by atoms with Crippen molar-refractivity contribution in [2.24, 2.45) is 0 Å². The van der Waals surface area contributed by atoms with Gasteiger partial charge in [0.15, 0.2) is 16.5 Å². The fourth-order valence-electron chi connectivity index (χ4n) is 4.31. The van der Waals surface area contributed by atoms with Crippen molar-refractivity contribution in [1.29, 1.82) is 0 Å². The lowest BCUT2D eigenvalue weighted by Crippen LogP contribution is -2.44. The number of nitrogens with one attached hydrogen (secondary N) is 1. The lowest BCUT2D eigenvalue weighted by Gasteiger charge is -2.33. The van der Waals surface area contributed by atoms with E-state index in [9.17, 15) is 9.18 Å². The highest BCUT2D eigenvalue weighted by atomic mass is 32.1. The fraction of sp³-hybridized carbons (Fsp3) is 0.385. The number of piperidine rings is 1. The summed E-state index contributed by atoms with van der Waals surface area (Å²) in [6.45, 7) is 6.80. The van der Waals surface area contributed by atoms with Crippen molar-refractivity contribution in [2.45, 2.75) is 45.3 Å². The van der Waals surface area contributed by atoms with Gasteiger partial charge in [0, 0.05) is 42.5 Å². The lowest BCUT2D eigenvalue weighted by atomic mass is 10.1. The molecule has 4 aromatic rings. The van der Waals surface area contributed by atoms with Crippen LogP contribution in [0.15, 0.2) is 42.0 Å². The van der Waals surface area contributed by atoms with E-state index >= 15 is 0 Å². The molecule has 1 fully saturated rings. The monoisotopic (exact) mass is 524 g/mol. The maximum atomic E-state index is 14.1. The molecule has 0 atom stereocenters. The molecule has 9 nitrogen and oxygen atoms in total. The number of hydrogen-bond acceptors (Lipinski definition) is 8. The highest BCUT2D eigenvalue weighted by Gasteiger charge is 2.27. The molecule has 194 valence electrons. The Morgan fingerprint density at radius 3 is 2.70 bits per heavy atom. The van der Waals surface area contributed by atoms with E-state index in [0.29, 0.717) is 30.4 Å². The molecule has 0 unspecified atom stereocenters. The third-order valence-corrected chi connectivity index (χ3v) is 6.82. The van der Waals surface area contributed by atoms with Crippen LogP contribution >= 0.6 is 11.3 Å². The van der Waals surface area contributed by atoms with Gasteiger partial charge in [-0.1, -0.05) is 0 Å². The largest absolute Gasteiger partial charge is 0.494 e. The molecule has 11 heteroatoms. The van der Waals surface area contributed by atoms with Crippen LogP contribution in [0.4, 0.5) is 15.1 Å². The van der Waals surface area contributed by atoms with Gasteiger partial charge in [0.25, 0.3) is 0 Å². The summed E-state index contributed by atoms with van der Waals surface area (Å²) in [5.41, 5.74) is 2.37. The van der Waals surface area contributed by atoms with Gasteiger partial charge in [0.2, 0.25) is 5.95 Å². The van der Waals surface area contributed by atoms with Crippen LogP contribution in [-0.2, 0) is 4.74 Å². The zero-order valence-corrected chi connectivity index (χ0v) is 22.0. The van der Waals surface area contributed by atoms with Gasteiger partial charge in [-0.05, 0) is 57.9 Å². The summed E-state index contributed by atoms with van der Waals surface area (Å²) in [6, 6.07) is 6.67. The molecule has 1 aromatic carbocycles. The number of carbonyl (C=O) groups excluding carboxylic acids is 1. The standard InChI is InChI=1S/C26H29FN6O3S/c1-26(2,3)36-25(34)32-11-8-17(9-12-32)29-23-28-10-7-19(30-23)22-21(31-24-33(22)13-14-37-24)16-5-6-18(27)20(15-16)35-4/h5-7,10,13-15,17H,8-9,11-12H2,1-4H3,(H,28,29,30). The Morgan fingerprint density at radius 2 is 1.97 bits per heavy atom. The number of aromatic nitrogens is 4. The van der Waals surface area contributed by atoms with Crippen LogP contribution in [0.25, 0.3) is 27.6 Å². The second-order valence-electron chi connectivity index (χ2n) is 9.87. The fourth-order valence-corrected chi connectivity index (χ4v) is 5.03. The molecule has 1 saturated heterocycles. The van der Waals surface area contributed by atoms with Crippen LogP contribution in [0.2, 0.25) is 0 Å². The van der Waals surface area contributed by atoms with Gasteiger partial charge in [-0.25, -0.2) is 24.1 Å². The van der Waals surface area contributed by atoms with Crippen molar-refractivity contribution < 1.29 is 18.7 Å². The van der Waals surface area contributed by atoms with E-state index in [1.807, 2.05) is 42.8 Å². The second kappa shape index (κ2) is 9.97. The van der Waals surface area contributed by atoms with Crippen LogP contribution in [0, 0.1) is 5.82 Å². The number of nitrogens with zero attached hydrogens (tertiary/aromatic N) is 5. The smallest absolute Gasteiger partial charge is 0.410 e. The average Bonchev–Trinajstić information content (AvgIpc) is 3.45. The predicted molar refractivity (Wildman–Crippen MR) is 140 cm³/mol. The highest BCUT2D eigenvalue weighted by Crippen LogP contribution is 2.35. The van der Waals surface area contributed by atoms with Crippen LogP contribution in [0.3, 0.4) is 0 Å². The first-order valence-corrected chi connectivity index (χ1v) is 13.0. The number of ether oxygens (including phenoxy) is 2. The van der Waals surface area contributed by atoms with E-state index in [4.69, 9.17) is 19.4 Å². The summed E-state index contributed by atoms with van der Waals surface area (Å²) < 4.78 is 26.7. The van der Waals surface area contributed by atoms with Crippen molar-refractivity contribution in [1.82, 2.24) is 24.3 Å². The normalized spacial score (nSPS) is 14.7. The summed E-state index contributed by atoms with van der Waals surface area (Å²) in [4.78, 5) is 28.9. The number of likely N-dealkylation sites (tertiary alicyclic amines) is 1. The Morgan fingerprint density at radius 1 is 1.19 bits per heavy atom. The Balaban J connectivity index is 1.37. The van der Waals surface area contributed by atoms with Gasteiger partial charge in [0.05, 0.1) is 18.5 Å². The third kappa shape index (κ3) is 5.36. The number of imidazole rings is 1. The molecule has 1 N–H and O–H groups in total. The molecule has 0 spiro atoms. The molecule has 0 saturated carbocycles. The number of fused-ring (bicyclic) bond motifs is 1. The van der Waals surface area contributed by atoms with Crippen molar-refractivity contribution in [3.8, 4) is 28.4 Å². The Kier molecular flexibility index (Phi) is 6.72. The number of amides is 1. The summed E-state index contributed by atoms with van der Waals surface area (Å²) in [7, 11) is 1.44. The van der Waals surface area contributed by atoms with Crippen molar-refractivity contribution >= 4 is 28.3 Å². The first-order valence-electron chi connectivity index (χ1n) is 12.1. The van der Waals surface area contributed by atoms with E-state index < -0.39 is 11.4 Å². The minimum Gasteiger partial charge on any atom is -0.494 e. The van der Waals surface area contributed by atoms with Crippen LogP contribution in [0.5, 0.6) is 5.75 Å². The number of thiazole rings is 1. The molecule has 4 heterocycles. The van der Waals surface area contributed by atoms with E-state index in [2.05, 4.69) is 10.3 Å². The number of methoxy groups -OCH3 is 1. The van der Waals surface area contributed by atoms with Gasteiger partial charge in [0.1, 0.15) is 11.3 Å². The van der Waals surface area contributed by atoms with Crippen molar-refractivity contribution in [3.63, 3.8) is 0 Å². The van der Waals surface area contributed by atoms with Crippen molar-refractivity contribution in [3.05, 3.63) is 47.9 Å². The molecule has 3 aromatic heterocycles. The average molecular weight is 525 g/mol. The molecular formula is C26H29FN6O3S. The zero-order valence-electron chi connectivity index (χ0n) is 21.2. The van der Waals surface area contributed by atoms with Gasteiger partial charge >= 0.3 is 6.09 Å². The Bertz CT molecular complexity index is 1420. The first kappa shape index (κ1) is 24.9. The quantitative estimate of drug-likeness (QED) is 0.370. The van der Waals surface area contributed by atoms with Crippen LogP contribution in [-0.4, -0.2) is 62.2 Å². The van der Waals surface area contributed by atoms with Gasteiger partial charge in [-0.15, -0.1) is 11.3 Å². The number of rotatable bonds is 5. The number of benzene rings is 1. The lowest BCUT2D eigenvalue weighted by molar-refractivity contribution is 0.0210. The summed E-state index contributed by atoms with van der Waals surface area (Å²) in [6.07, 6.45) is 4.88. The van der Waals surface area contributed by atoms with Gasteiger partial charge < -0.3 is 19.7 Å². The molecule has 5 rings (SSSR count). The van der Waals surface area contributed by atoms with Crippen LogP contribution < -0.4 is 10.1 Å². The van der Waals surface area contributed by atoms with E-state index in [-0.39, 0.29) is 17.9 Å². The maximum absolute atomic E-state index is 14.1. The summed E-state index contributed by atoms with van der Waals surface area (Å²) >= 11 is 1.51. The molecule has 1 aliphatic rings. The number of carbonyl (C=O) groups is 1. The van der Waals surface area contributed by atoms with E-state index in [1.54, 1.807) is 23.2 Å². The van der Waals surface area contributed by atoms with Crippen LogP contribution in [0.1, 0.15) is 33.6 Å². The topological polar surface area (TPSA) is 93.9 Å². The van der Waals surface area contributed by atoms with Gasteiger partial charge in [-0.2, -0.15) is 0 Å². The third-order valence-electron chi connectivity index (χ3n) is 6.06. The summed E-state index contributed by atoms with van der Waals surface area (Å²) in [5, 5.41) is 5.38. The van der Waals surface area contributed by atoms with Crippen molar-refractivity contribution in [2.75, 3.05) is 25.5 Å². The minimum atomic E-state index is -0.514. The molecule has 37 heavy (non-hydrogen) atoms. The van der Waals surface area contributed by atoms with E-state index in [0.717, 1.165) is 29.1 Å². The van der Waals surface area contributed by atoms with E-state index in [1.165, 1.54) is 24.5 Å².